The number of terminal acetylenes is 1. The molecule has 26 heavy (non-hydrogen) atoms. The summed E-state index contributed by atoms with van der Waals surface area (Å²) in [5.41, 5.74) is 0.827. The number of ether oxygens (including phenoxy) is 1. The number of carbonyl (C=O) groups is 2. The lowest BCUT2D eigenvalue weighted by Gasteiger charge is -2.25. The van der Waals surface area contributed by atoms with Crippen LogP contribution in [0.3, 0.4) is 0 Å². The van der Waals surface area contributed by atoms with Crippen molar-refractivity contribution in [2.45, 2.75) is 32.1 Å². The Morgan fingerprint density at radius 3 is 2.77 bits per heavy atom. The zero-order valence-corrected chi connectivity index (χ0v) is 16.8. The highest BCUT2D eigenvalue weighted by Crippen LogP contribution is 2.35. The van der Waals surface area contributed by atoms with Gasteiger partial charge in [0.2, 0.25) is 0 Å². The molecule has 6 heteroatoms. The number of rotatable bonds is 5. The highest BCUT2D eigenvalue weighted by molar-refractivity contribution is 9.10. The Hall–Kier alpha value is -1.71. The summed E-state index contributed by atoms with van der Waals surface area (Å²) >= 11 is 4.45. The van der Waals surface area contributed by atoms with Crippen LogP contribution in [-0.2, 0) is 4.79 Å². The van der Waals surface area contributed by atoms with Crippen molar-refractivity contribution in [3.05, 3.63) is 33.1 Å². The van der Waals surface area contributed by atoms with E-state index >= 15 is 0 Å². The van der Waals surface area contributed by atoms with Gasteiger partial charge in [-0.1, -0.05) is 31.2 Å². The predicted octanol–water partition coefficient (Wildman–Crippen LogP) is 5.08. The Balaban J connectivity index is 1.71. The second-order valence-electron chi connectivity index (χ2n) is 6.48. The van der Waals surface area contributed by atoms with Crippen LogP contribution < -0.4 is 4.74 Å². The fourth-order valence-corrected chi connectivity index (χ4v) is 4.64. The third-order valence-electron chi connectivity index (χ3n) is 4.60. The molecule has 2 amide bonds. The van der Waals surface area contributed by atoms with Gasteiger partial charge in [0.1, 0.15) is 12.4 Å². The summed E-state index contributed by atoms with van der Waals surface area (Å²) in [5.74, 6) is 3.32. The third-order valence-corrected chi connectivity index (χ3v) is 6.13. The van der Waals surface area contributed by atoms with Gasteiger partial charge in [-0.3, -0.25) is 14.5 Å². The summed E-state index contributed by atoms with van der Waals surface area (Å²) < 4.78 is 6.17. The molecule has 2 aliphatic rings. The number of halogens is 1. The smallest absolute Gasteiger partial charge is 0.293 e. The molecule has 0 aromatic heterocycles. The molecule has 136 valence electrons. The predicted molar refractivity (Wildman–Crippen MR) is 108 cm³/mol. The van der Waals surface area contributed by atoms with E-state index in [0.29, 0.717) is 23.1 Å². The average molecular weight is 434 g/mol. The van der Waals surface area contributed by atoms with Gasteiger partial charge >= 0.3 is 0 Å². The molecule has 1 aliphatic carbocycles. The van der Waals surface area contributed by atoms with Crippen molar-refractivity contribution in [3.63, 3.8) is 0 Å². The van der Waals surface area contributed by atoms with Crippen molar-refractivity contribution in [1.29, 1.82) is 0 Å². The van der Waals surface area contributed by atoms with Crippen LogP contribution in [-0.4, -0.2) is 29.2 Å². The fourth-order valence-electron chi connectivity index (χ4n) is 3.28. The molecule has 0 spiro atoms. The van der Waals surface area contributed by atoms with Crippen molar-refractivity contribution in [2.24, 2.45) is 5.92 Å². The van der Waals surface area contributed by atoms with Gasteiger partial charge in [-0.15, -0.1) is 6.42 Å². The molecule has 1 saturated carbocycles. The van der Waals surface area contributed by atoms with Crippen LogP contribution in [0, 0.1) is 18.3 Å². The summed E-state index contributed by atoms with van der Waals surface area (Å²) in [6.07, 6.45) is 12.8. The monoisotopic (exact) mass is 433 g/mol. The molecule has 0 N–H and O–H groups in total. The Morgan fingerprint density at radius 2 is 2.08 bits per heavy atom. The summed E-state index contributed by atoms with van der Waals surface area (Å²) in [5, 5.41) is -0.167. The van der Waals surface area contributed by atoms with E-state index in [1.807, 2.05) is 12.1 Å². The fraction of sp³-hybridized carbons (Fsp3) is 0.400. The number of amides is 2. The van der Waals surface area contributed by atoms with E-state index in [9.17, 15) is 9.59 Å². The molecule has 0 bridgehead atoms. The van der Waals surface area contributed by atoms with Gasteiger partial charge in [0.25, 0.3) is 11.1 Å². The number of hydrogen-bond donors (Lipinski definition) is 0. The van der Waals surface area contributed by atoms with E-state index in [4.69, 9.17) is 11.2 Å². The Kier molecular flexibility index (Phi) is 6.44. The number of benzene rings is 1. The molecule has 1 saturated heterocycles. The molecule has 2 fully saturated rings. The van der Waals surface area contributed by atoms with E-state index in [-0.39, 0.29) is 17.8 Å². The van der Waals surface area contributed by atoms with E-state index < -0.39 is 0 Å². The minimum atomic E-state index is -0.186. The first-order chi connectivity index (χ1) is 12.6. The summed E-state index contributed by atoms with van der Waals surface area (Å²) in [4.78, 5) is 26.8. The van der Waals surface area contributed by atoms with Crippen molar-refractivity contribution < 1.29 is 14.3 Å². The Bertz CT molecular complexity index is 778. The maximum Gasteiger partial charge on any atom is 0.293 e. The second kappa shape index (κ2) is 8.79. The summed E-state index contributed by atoms with van der Waals surface area (Å²) in [6, 6.07) is 5.48. The van der Waals surface area contributed by atoms with Crippen LogP contribution in [0.1, 0.15) is 37.7 Å². The first kappa shape index (κ1) is 19.1. The van der Waals surface area contributed by atoms with E-state index in [2.05, 4.69) is 21.9 Å². The molecule has 0 unspecified atom stereocenters. The lowest BCUT2D eigenvalue weighted by Crippen LogP contribution is -2.34. The van der Waals surface area contributed by atoms with E-state index in [1.54, 1.807) is 12.1 Å². The highest BCUT2D eigenvalue weighted by atomic mass is 79.9. The van der Waals surface area contributed by atoms with Crippen LogP contribution in [0.25, 0.3) is 6.08 Å². The quantitative estimate of drug-likeness (QED) is 0.479. The molecule has 4 nitrogen and oxygen atoms in total. The van der Waals surface area contributed by atoms with Crippen LogP contribution in [0.5, 0.6) is 5.75 Å². The number of carbonyl (C=O) groups excluding carboxylic acids is 2. The SMILES string of the molecule is C#CCOc1ccc(/C=C2/SC(=O)N(CC3CCCCC3)C2=O)cc1Br. The van der Waals surface area contributed by atoms with Crippen LogP contribution in [0.15, 0.2) is 27.6 Å². The first-order valence-corrected chi connectivity index (χ1v) is 10.3. The van der Waals surface area contributed by atoms with E-state index in [0.717, 1.165) is 34.6 Å². The summed E-state index contributed by atoms with van der Waals surface area (Å²) in [6.45, 7) is 0.739. The number of nitrogens with zero attached hydrogens (tertiary/aromatic N) is 1. The number of thioether (sulfide) groups is 1. The van der Waals surface area contributed by atoms with Crippen LogP contribution >= 0.6 is 27.7 Å². The lowest BCUT2D eigenvalue weighted by atomic mass is 9.89. The largest absolute Gasteiger partial charge is 0.480 e. The van der Waals surface area contributed by atoms with Gasteiger partial charge in [-0.05, 0) is 70.2 Å². The van der Waals surface area contributed by atoms with E-state index in [1.165, 1.54) is 24.2 Å². The molecular formula is C20H20BrNO3S. The Morgan fingerprint density at radius 1 is 1.31 bits per heavy atom. The normalized spacial score (nSPS) is 19.8. The minimum Gasteiger partial charge on any atom is -0.480 e. The number of imide groups is 1. The zero-order valence-electron chi connectivity index (χ0n) is 14.4. The van der Waals surface area contributed by atoms with Gasteiger partial charge in [-0.25, -0.2) is 0 Å². The second-order valence-corrected chi connectivity index (χ2v) is 8.33. The molecule has 1 aliphatic heterocycles. The van der Waals surface area contributed by atoms with Crippen molar-refractivity contribution in [3.8, 4) is 18.1 Å². The average Bonchev–Trinajstić information content (AvgIpc) is 2.89. The van der Waals surface area contributed by atoms with Gasteiger partial charge in [0, 0.05) is 6.54 Å². The van der Waals surface area contributed by atoms with Crippen molar-refractivity contribution in [2.75, 3.05) is 13.2 Å². The van der Waals surface area contributed by atoms with Crippen LogP contribution in [0.4, 0.5) is 4.79 Å². The molecule has 1 aromatic rings. The highest BCUT2D eigenvalue weighted by Gasteiger charge is 2.36. The Labute approximate surface area is 166 Å². The topological polar surface area (TPSA) is 46.6 Å². The van der Waals surface area contributed by atoms with Crippen LogP contribution in [0.2, 0.25) is 0 Å². The maximum atomic E-state index is 12.6. The molecular weight excluding hydrogens is 414 g/mol. The van der Waals surface area contributed by atoms with Gasteiger partial charge in [-0.2, -0.15) is 0 Å². The molecule has 3 rings (SSSR count). The van der Waals surface area contributed by atoms with Crippen molar-refractivity contribution in [1.82, 2.24) is 4.90 Å². The summed E-state index contributed by atoms with van der Waals surface area (Å²) in [7, 11) is 0. The lowest BCUT2D eigenvalue weighted by molar-refractivity contribution is -0.123. The van der Waals surface area contributed by atoms with Gasteiger partial charge in [0.15, 0.2) is 0 Å². The maximum absolute atomic E-state index is 12.6. The third kappa shape index (κ3) is 4.52. The number of hydrogen-bond acceptors (Lipinski definition) is 4. The van der Waals surface area contributed by atoms with Gasteiger partial charge in [0.05, 0.1) is 9.38 Å². The molecule has 1 aromatic carbocycles. The molecule has 1 heterocycles. The molecule has 0 atom stereocenters. The van der Waals surface area contributed by atoms with Crippen molar-refractivity contribution >= 4 is 44.9 Å². The zero-order chi connectivity index (χ0) is 18.5. The minimum absolute atomic E-state index is 0.167. The first-order valence-electron chi connectivity index (χ1n) is 8.69. The molecule has 0 radical (unpaired) electrons. The van der Waals surface area contributed by atoms with Gasteiger partial charge < -0.3 is 4.74 Å². The standard InChI is InChI=1S/C20H20BrNO3S/c1-2-10-25-17-9-8-15(11-16(17)21)12-18-19(23)22(20(24)26-18)13-14-6-4-3-5-7-14/h1,8-9,11-12,14H,3-7,10,13H2/b18-12+.